The van der Waals surface area contributed by atoms with Crippen LogP contribution in [0.3, 0.4) is 0 Å². The van der Waals surface area contributed by atoms with Crippen molar-refractivity contribution in [3.63, 3.8) is 0 Å². The van der Waals surface area contributed by atoms with Crippen LogP contribution in [0.25, 0.3) is 10.9 Å². The van der Waals surface area contributed by atoms with Crippen LogP contribution in [0.1, 0.15) is 18.4 Å². The minimum Gasteiger partial charge on any atom is -0.379 e. The summed E-state index contributed by atoms with van der Waals surface area (Å²) in [6.07, 6.45) is 4.52. The van der Waals surface area contributed by atoms with E-state index >= 15 is 0 Å². The lowest BCUT2D eigenvalue weighted by Gasteiger charge is -2.22. The molecule has 1 aromatic carbocycles. The number of hydrogen-bond donors (Lipinski definition) is 1. The third-order valence-corrected chi connectivity index (χ3v) is 4.37. The van der Waals surface area contributed by atoms with Crippen molar-refractivity contribution in [1.82, 2.24) is 15.2 Å². The van der Waals surface area contributed by atoms with Crippen LogP contribution in [0.15, 0.2) is 41.5 Å². The highest BCUT2D eigenvalue weighted by molar-refractivity contribution is 14.0. The number of benzene rings is 1. The lowest BCUT2D eigenvalue weighted by molar-refractivity contribution is 0.115. The van der Waals surface area contributed by atoms with Crippen molar-refractivity contribution in [3.8, 4) is 0 Å². The summed E-state index contributed by atoms with van der Waals surface area (Å²) in [7, 11) is 3.86. The number of aromatic nitrogens is 1. The molecule has 5 nitrogen and oxygen atoms in total. The van der Waals surface area contributed by atoms with Gasteiger partial charge in [0.2, 0.25) is 0 Å². The standard InChI is InChI=1S/C19H26N4O.HI/c1-20-19(23(2)11-12-24-14-15-7-8-15)22-13-16-9-10-21-18-6-4-3-5-17(16)18;/h3-6,9-10,15H,7-8,11-14H2,1-2H3,(H,20,22);1H. The van der Waals surface area contributed by atoms with E-state index in [-0.39, 0.29) is 24.0 Å². The van der Waals surface area contributed by atoms with E-state index in [9.17, 15) is 0 Å². The van der Waals surface area contributed by atoms with Gasteiger partial charge in [-0.1, -0.05) is 18.2 Å². The molecule has 0 spiro atoms. The molecule has 1 aliphatic rings. The van der Waals surface area contributed by atoms with Crippen molar-refractivity contribution in [2.75, 3.05) is 33.9 Å². The predicted octanol–water partition coefficient (Wildman–Crippen LogP) is 3.29. The highest BCUT2D eigenvalue weighted by Gasteiger charge is 2.21. The number of nitrogens with zero attached hydrogens (tertiary/aromatic N) is 3. The zero-order valence-corrected chi connectivity index (χ0v) is 17.3. The van der Waals surface area contributed by atoms with Gasteiger partial charge in [-0.3, -0.25) is 9.98 Å². The average molecular weight is 454 g/mol. The van der Waals surface area contributed by atoms with E-state index in [1.54, 1.807) is 0 Å². The Morgan fingerprint density at radius 1 is 1.32 bits per heavy atom. The first-order chi connectivity index (χ1) is 11.8. The number of likely N-dealkylation sites (N-methyl/N-ethyl adjacent to an activating group) is 1. The fraction of sp³-hybridized carbons (Fsp3) is 0.474. The molecule has 25 heavy (non-hydrogen) atoms. The van der Waals surface area contributed by atoms with Gasteiger partial charge in [-0.2, -0.15) is 0 Å². The minimum absolute atomic E-state index is 0. The molecular weight excluding hydrogens is 427 g/mol. The number of guanidine groups is 1. The number of ether oxygens (including phenoxy) is 1. The van der Waals surface area contributed by atoms with Gasteiger partial charge in [-0.05, 0) is 36.5 Å². The number of para-hydroxylation sites is 1. The van der Waals surface area contributed by atoms with E-state index in [4.69, 9.17) is 4.74 Å². The van der Waals surface area contributed by atoms with Crippen molar-refractivity contribution >= 4 is 40.8 Å². The van der Waals surface area contributed by atoms with E-state index in [2.05, 4.69) is 32.3 Å². The fourth-order valence-electron chi connectivity index (χ4n) is 2.71. The van der Waals surface area contributed by atoms with Crippen molar-refractivity contribution in [3.05, 3.63) is 42.1 Å². The number of pyridine rings is 1. The zero-order chi connectivity index (χ0) is 16.8. The average Bonchev–Trinajstić information content (AvgIpc) is 3.44. The normalized spacial score (nSPS) is 14.2. The largest absolute Gasteiger partial charge is 0.379 e. The Labute approximate surface area is 166 Å². The molecule has 0 aliphatic heterocycles. The molecule has 1 aromatic heterocycles. The van der Waals surface area contributed by atoms with Gasteiger partial charge in [-0.25, -0.2) is 0 Å². The van der Waals surface area contributed by atoms with Crippen molar-refractivity contribution in [2.45, 2.75) is 19.4 Å². The highest BCUT2D eigenvalue weighted by Crippen LogP contribution is 2.28. The van der Waals surface area contributed by atoms with Gasteiger partial charge in [-0.15, -0.1) is 24.0 Å². The van der Waals surface area contributed by atoms with Crippen LogP contribution in [0.2, 0.25) is 0 Å². The molecule has 6 heteroatoms. The summed E-state index contributed by atoms with van der Waals surface area (Å²) in [5.41, 5.74) is 2.24. The first-order valence-electron chi connectivity index (χ1n) is 8.60. The summed E-state index contributed by atoms with van der Waals surface area (Å²) in [6.45, 7) is 3.21. The molecule has 0 amide bonds. The van der Waals surface area contributed by atoms with Crippen molar-refractivity contribution in [1.29, 1.82) is 0 Å². The molecule has 1 fully saturated rings. The molecule has 0 atom stereocenters. The lowest BCUT2D eigenvalue weighted by Crippen LogP contribution is -2.40. The van der Waals surface area contributed by atoms with Gasteiger partial charge in [0.05, 0.1) is 12.1 Å². The van der Waals surface area contributed by atoms with Crippen LogP contribution in [0, 0.1) is 5.92 Å². The number of hydrogen-bond acceptors (Lipinski definition) is 3. The predicted molar refractivity (Wildman–Crippen MR) is 114 cm³/mol. The molecule has 0 bridgehead atoms. The van der Waals surface area contributed by atoms with E-state index < -0.39 is 0 Å². The second-order valence-electron chi connectivity index (χ2n) is 6.33. The maximum absolute atomic E-state index is 5.71. The van der Waals surface area contributed by atoms with Gasteiger partial charge in [0.15, 0.2) is 5.96 Å². The van der Waals surface area contributed by atoms with Crippen molar-refractivity contribution in [2.24, 2.45) is 10.9 Å². The summed E-state index contributed by atoms with van der Waals surface area (Å²) in [5, 5.41) is 4.61. The molecule has 1 N–H and O–H groups in total. The van der Waals surface area contributed by atoms with Crippen LogP contribution in [-0.4, -0.2) is 49.7 Å². The summed E-state index contributed by atoms with van der Waals surface area (Å²) in [6, 6.07) is 10.3. The van der Waals surface area contributed by atoms with Gasteiger partial charge < -0.3 is 15.0 Å². The number of halogens is 1. The Kier molecular flexibility index (Phi) is 7.90. The molecule has 0 unspecified atom stereocenters. The molecular formula is C19H27IN4O. The third kappa shape index (κ3) is 5.81. The maximum atomic E-state index is 5.71. The quantitative estimate of drug-likeness (QED) is 0.302. The number of fused-ring (bicyclic) bond motifs is 1. The SMILES string of the molecule is CN=C(NCc1ccnc2ccccc12)N(C)CCOCC1CC1.I. The Hall–Kier alpha value is -1.41. The Morgan fingerprint density at radius 3 is 2.88 bits per heavy atom. The van der Waals surface area contributed by atoms with Gasteiger partial charge in [0.1, 0.15) is 0 Å². The smallest absolute Gasteiger partial charge is 0.193 e. The van der Waals surface area contributed by atoms with Crippen LogP contribution in [-0.2, 0) is 11.3 Å². The Bertz CT molecular complexity index is 697. The molecule has 0 saturated heterocycles. The first-order valence-corrected chi connectivity index (χ1v) is 8.60. The van der Waals surface area contributed by atoms with Crippen molar-refractivity contribution < 1.29 is 4.74 Å². The Balaban J connectivity index is 0.00000225. The van der Waals surface area contributed by atoms with Gasteiger partial charge in [0, 0.05) is 45.4 Å². The highest BCUT2D eigenvalue weighted by atomic mass is 127. The molecule has 1 heterocycles. The van der Waals surface area contributed by atoms with Crippen LogP contribution < -0.4 is 5.32 Å². The van der Waals surface area contributed by atoms with Crippen LogP contribution >= 0.6 is 24.0 Å². The molecule has 136 valence electrons. The monoisotopic (exact) mass is 454 g/mol. The van der Waals surface area contributed by atoms with Crippen LogP contribution in [0.4, 0.5) is 0 Å². The van der Waals surface area contributed by atoms with E-state index in [0.29, 0.717) is 0 Å². The van der Waals surface area contributed by atoms with E-state index in [0.717, 1.165) is 43.7 Å². The molecule has 0 radical (unpaired) electrons. The minimum atomic E-state index is 0. The number of rotatable bonds is 7. The number of aliphatic imine (C=N–C) groups is 1. The van der Waals surface area contributed by atoms with E-state index in [1.807, 2.05) is 38.5 Å². The molecule has 1 saturated carbocycles. The topological polar surface area (TPSA) is 49.8 Å². The summed E-state index contributed by atoms with van der Waals surface area (Å²) >= 11 is 0. The zero-order valence-electron chi connectivity index (χ0n) is 14.9. The number of nitrogens with one attached hydrogen (secondary N) is 1. The van der Waals surface area contributed by atoms with Crippen LogP contribution in [0.5, 0.6) is 0 Å². The Morgan fingerprint density at radius 2 is 2.12 bits per heavy atom. The van der Waals surface area contributed by atoms with Gasteiger partial charge >= 0.3 is 0 Å². The van der Waals surface area contributed by atoms with Gasteiger partial charge in [0.25, 0.3) is 0 Å². The maximum Gasteiger partial charge on any atom is 0.193 e. The molecule has 1 aliphatic carbocycles. The summed E-state index contributed by atoms with van der Waals surface area (Å²) in [5.74, 6) is 1.69. The first kappa shape index (κ1) is 19.9. The lowest BCUT2D eigenvalue weighted by atomic mass is 10.1. The second-order valence-corrected chi connectivity index (χ2v) is 6.33. The third-order valence-electron chi connectivity index (χ3n) is 4.37. The van der Waals surface area contributed by atoms with E-state index in [1.165, 1.54) is 23.8 Å². The summed E-state index contributed by atoms with van der Waals surface area (Å²) in [4.78, 5) is 10.9. The molecule has 3 rings (SSSR count). The molecule has 2 aromatic rings. The second kappa shape index (κ2) is 9.91. The summed E-state index contributed by atoms with van der Waals surface area (Å²) < 4.78 is 5.71. The fourth-order valence-corrected chi connectivity index (χ4v) is 2.71.